The van der Waals surface area contributed by atoms with E-state index in [0.29, 0.717) is 13.1 Å². The molecule has 0 radical (unpaired) electrons. The predicted octanol–water partition coefficient (Wildman–Crippen LogP) is 3.76. The molecular formula is C20H23ClN2O4S. The third-order valence-corrected chi connectivity index (χ3v) is 6.82. The highest BCUT2D eigenvalue weighted by atomic mass is 35.5. The number of benzene rings is 2. The smallest absolute Gasteiger partial charge is 0.262 e. The van der Waals surface area contributed by atoms with Gasteiger partial charge in [-0.25, -0.2) is 8.42 Å². The van der Waals surface area contributed by atoms with Crippen molar-refractivity contribution >= 4 is 33.2 Å². The second-order valence-corrected chi connectivity index (χ2v) is 9.20. The Morgan fingerprint density at radius 1 is 1.14 bits per heavy atom. The maximum absolute atomic E-state index is 12.6. The molecule has 1 aliphatic heterocycles. The van der Waals surface area contributed by atoms with E-state index in [1.807, 2.05) is 32.0 Å². The van der Waals surface area contributed by atoms with E-state index >= 15 is 0 Å². The molecule has 0 bridgehead atoms. The Kier molecular flexibility index (Phi) is 6.27. The largest absolute Gasteiger partial charge is 0.482 e. The van der Waals surface area contributed by atoms with Gasteiger partial charge in [0, 0.05) is 18.8 Å². The molecule has 0 atom stereocenters. The number of hydrogen-bond donors (Lipinski definition) is 1. The van der Waals surface area contributed by atoms with Crippen LogP contribution < -0.4 is 10.1 Å². The first-order valence-electron chi connectivity index (χ1n) is 9.07. The molecule has 0 spiro atoms. The maximum atomic E-state index is 12.6. The minimum Gasteiger partial charge on any atom is -0.482 e. The molecule has 0 saturated carbocycles. The van der Waals surface area contributed by atoms with Crippen molar-refractivity contribution in [3.63, 3.8) is 0 Å². The normalized spacial score (nSPS) is 14.8. The Morgan fingerprint density at radius 3 is 2.54 bits per heavy atom. The number of rotatable bonds is 6. The van der Waals surface area contributed by atoms with Gasteiger partial charge in [-0.1, -0.05) is 23.7 Å². The minimum absolute atomic E-state index is 0.131. The van der Waals surface area contributed by atoms with Gasteiger partial charge in [0.05, 0.1) is 9.92 Å². The summed E-state index contributed by atoms with van der Waals surface area (Å²) in [5.74, 6) is -0.0586. The molecule has 3 rings (SSSR count). The molecule has 2 aromatic rings. The molecule has 1 heterocycles. The van der Waals surface area contributed by atoms with Crippen molar-refractivity contribution in [3.05, 3.63) is 52.5 Å². The number of carbonyl (C=O) groups is 1. The first-order chi connectivity index (χ1) is 13.3. The lowest BCUT2D eigenvalue weighted by Gasteiger charge is -2.16. The average molecular weight is 423 g/mol. The molecule has 8 heteroatoms. The van der Waals surface area contributed by atoms with Crippen molar-refractivity contribution in [2.45, 2.75) is 31.6 Å². The summed E-state index contributed by atoms with van der Waals surface area (Å²) in [6.07, 6.45) is 1.73. The van der Waals surface area contributed by atoms with Crippen LogP contribution in [0, 0.1) is 13.8 Å². The number of ether oxygens (including phenoxy) is 1. The molecule has 28 heavy (non-hydrogen) atoms. The zero-order chi connectivity index (χ0) is 20.3. The summed E-state index contributed by atoms with van der Waals surface area (Å²) in [5.41, 5.74) is 2.72. The highest BCUT2D eigenvalue weighted by Gasteiger charge is 2.27. The van der Waals surface area contributed by atoms with Crippen molar-refractivity contribution < 1.29 is 17.9 Å². The molecule has 2 aromatic carbocycles. The van der Waals surface area contributed by atoms with Crippen molar-refractivity contribution in [3.8, 4) is 5.75 Å². The lowest BCUT2D eigenvalue weighted by Crippen LogP contribution is -2.27. The van der Waals surface area contributed by atoms with Crippen LogP contribution in [0.25, 0.3) is 0 Å². The van der Waals surface area contributed by atoms with Gasteiger partial charge in [-0.15, -0.1) is 0 Å². The van der Waals surface area contributed by atoms with Crippen molar-refractivity contribution in [2.75, 3.05) is 25.0 Å². The van der Waals surface area contributed by atoms with Gasteiger partial charge in [-0.3, -0.25) is 4.79 Å². The van der Waals surface area contributed by atoms with Gasteiger partial charge in [-0.2, -0.15) is 4.31 Å². The zero-order valence-corrected chi connectivity index (χ0v) is 17.4. The molecular weight excluding hydrogens is 400 g/mol. The van der Waals surface area contributed by atoms with Crippen LogP contribution in [-0.4, -0.2) is 38.3 Å². The molecule has 1 amide bonds. The molecule has 6 nitrogen and oxygen atoms in total. The summed E-state index contributed by atoms with van der Waals surface area (Å²) in [5, 5.41) is 2.96. The Bertz CT molecular complexity index is 986. The molecule has 0 unspecified atom stereocenters. The predicted molar refractivity (Wildman–Crippen MR) is 109 cm³/mol. The van der Waals surface area contributed by atoms with Crippen LogP contribution in [0.15, 0.2) is 41.3 Å². The second kappa shape index (κ2) is 8.51. The van der Waals surface area contributed by atoms with Crippen LogP contribution in [0.1, 0.15) is 24.0 Å². The van der Waals surface area contributed by atoms with E-state index < -0.39 is 10.0 Å². The fourth-order valence-electron chi connectivity index (χ4n) is 3.04. The number of nitrogens with one attached hydrogen (secondary N) is 1. The van der Waals surface area contributed by atoms with E-state index in [9.17, 15) is 13.2 Å². The maximum Gasteiger partial charge on any atom is 0.262 e. The van der Waals surface area contributed by atoms with Gasteiger partial charge in [0.2, 0.25) is 10.0 Å². The molecule has 1 fully saturated rings. The van der Waals surface area contributed by atoms with Crippen molar-refractivity contribution in [1.82, 2.24) is 4.31 Å². The van der Waals surface area contributed by atoms with Gasteiger partial charge in [0.1, 0.15) is 5.75 Å². The summed E-state index contributed by atoms with van der Waals surface area (Å²) < 4.78 is 32.1. The molecule has 0 aliphatic carbocycles. The number of halogens is 1. The zero-order valence-electron chi connectivity index (χ0n) is 15.9. The SMILES string of the molecule is Cc1ccc(C)c(NC(=O)COc2ccc(S(=O)(=O)N3CCCC3)cc2Cl)c1. The summed E-state index contributed by atoms with van der Waals surface area (Å²) in [4.78, 5) is 12.3. The minimum atomic E-state index is -3.54. The third-order valence-electron chi connectivity index (χ3n) is 4.63. The highest BCUT2D eigenvalue weighted by molar-refractivity contribution is 7.89. The van der Waals surface area contributed by atoms with Gasteiger partial charge >= 0.3 is 0 Å². The van der Waals surface area contributed by atoms with E-state index in [2.05, 4.69) is 5.32 Å². The third kappa shape index (κ3) is 4.66. The number of anilines is 1. The Hall–Kier alpha value is -2.09. The fourth-order valence-corrected chi connectivity index (χ4v) is 4.88. The monoisotopic (exact) mass is 422 g/mol. The first kappa shape index (κ1) is 20.6. The van der Waals surface area contributed by atoms with E-state index in [0.717, 1.165) is 29.7 Å². The number of amides is 1. The summed E-state index contributed by atoms with van der Waals surface area (Å²) in [7, 11) is -3.54. The lowest BCUT2D eigenvalue weighted by molar-refractivity contribution is -0.118. The summed E-state index contributed by atoms with van der Waals surface area (Å²) >= 11 is 6.19. The molecule has 1 saturated heterocycles. The van der Waals surface area contributed by atoms with Crippen LogP contribution in [0.2, 0.25) is 5.02 Å². The van der Waals surface area contributed by atoms with Gasteiger partial charge in [0.15, 0.2) is 6.61 Å². The lowest BCUT2D eigenvalue weighted by atomic mass is 10.1. The first-order valence-corrected chi connectivity index (χ1v) is 10.9. The second-order valence-electron chi connectivity index (χ2n) is 6.86. The Labute approximate surface area is 170 Å². The van der Waals surface area contributed by atoms with E-state index in [1.54, 1.807) is 0 Å². The fraction of sp³-hybridized carbons (Fsp3) is 0.350. The van der Waals surface area contributed by atoms with Gasteiger partial charge < -0.3 is 10.1 Å². The highest BCUT2D eigenvalue weighted by Crippen LogP contribution is 2.30. The molecule has 150 valence electrons. The topological polar surface area (TPSA) is 75.7 Å². The Balaban J connectivity index is 1.65. The summed E-state index contributed by atoms with van der Waals surface area (Å²) in [6.45, 7) is 4.67. The van der Waals surface area contributed by atoms with Crippen LogP contribution in [0.3, 0.4) is 0 Å². The van der Waals surface area contributed by atoms with Crippen molar-refractivity contribution in [1.29, 1.82) is 0 Å². The number of nitrogens with zero attached hydrogens (tertiary/aromatic N) is 1. The van der Waals surface area contributed by atoms with E-state index in [-0.39, 0.29) is 28.2 Å². The molecule has 1 aliphatic rings. The van der Waals surface area contributed by atoms with Crippen LogP contribution in [-0.2, 0) is 14.8 Å². The quantitative estimate of drug-likeness (QED) is 0.769. The number of aryl methyl sites for hydroxylation is 2. The molecule has 1 N–H and O–H groups in total. The summed E-state index contributed by atoms with van der Waals surface area (Å²) in [6, 6.07) is 10.1. The number of carbonyl (C=O) groups excluding carboxylic acids is 1. The Morgan fingerprint density at radius 2 is 1.86 bits per heavy atom. The van der Waals surface area contributed by atoms with Gasteiger partial charge in [0.25, 0.3) is 5.91 Å². The number of hydrogen-bond acceptors (Lipinski definition) is 4. The standard InChI is InChI=1S/C20H23ClN2O4S/c1-14-5-6-15(2)18(11-14)22-20(24)13-27-19-8-7-16(12-17(19)21)28(25,26)23-9-3-4-10-23/h5-8,11-12H,3-4,9-10,13H2,1-2H3,(H,22,24). The van der Waals surface area contributed by atoms with Crippen LogP contribution in [0.4, 0.5) is 5.69 Å². The van der Waals surface area contributed by atoms with Crippen LogP contribution >= 0.6 is 11.6 Å². The van der Waals surface area contributed by atoms with Crippen molar-refractivity contribution in [2.24, 2.45) is 0 Å². The average Bonchev–Trinajstić information content (AvgIpc) is 3.19. The van der Waals surface area contributed by atoms with E-state index in [4.69, 9.17) is 16.3 Å². The van der Waals surface area contributed by atoms with E-state index in [1.165, 1.54) is 22.5 Å². The van der Waals surface area contributed by atoms with Gasteiger partial charge in [-0.05, 0) is 62.1 Å². The van der Waals surface area contributed by atoms with Crippen LogP contribution in [0.5, 0.6) is 5.75 Å². The molecule has 0 aromatic heterocycles. The number of sulfonamides is 1.